The Bertz CT molecular complexity index is 1150. The fourth-order valence-corrected chi connectivity index (χ4v) is 4.10. The molecule has 180 valence electrons. The van der Waals surface area contributed by atoms with E-state index in [1.165, 1.54) is 18.9 Å². The van der Waals surface area contributed by atoms with Crippen LogP contribution in [0.3, 0.4) is 0 Å². The molecular formula is C23H26ClN5O4S. The Morgan fingerprint density at radius 1 is 1.09 bits per heavy atom. The van der Waals surface area contributed by atoms with Crippen molar-refractivity contribution < 1.29 is 19.1 Å². The zero-order chi connectivity index (χ0) is 24.7. The van der Waals surface area contributed by atoms with Crippen molar-refractivity contribution in [2.75, 3.05) is 25.3 Å². The van der Waals surface area contributed by atoms with Crippen LogP contribution in [0.25, 0.3) is 0 Å². The van der Waals surface area contributed by atoms with Gasteiger partial charge in [0, 0.05) is 12.1 Å². The third-order valence-electron chi connectivity index (χ3n) is 4.93. The van der Waals surface area contributed by atoms with Crippen molar-refractivity contribution >= 4 is 40.9 Å². The second-order valence-corrected chi connectivity index (χ2v) is 8.77. The lowest BCUT2D eigenvalue weighted by molar-refractivity contribution is -0.121. The van der Waals surface area contributed by atoms with E-state index in [0.717, 1.165) is 11.3 Å². The van der Waals surface area contributed by atoms with Crippen LogP contribution in [0.15, 0.2) is 47.6 Å². The Hall–Kier alpha value is -3.24. The van der Waals surface area contributed by atoms with Gasteiger partial charge in [-0.2, -0.15) is 0 Å². The summed E-state index contributed by atoms with van der Waals surface area (Å²) >= 11 is 7.24. The number of nitrogens with one attached hydrogen (secondary N) is 2. The molecule has 2 N–H and O–H groups in total. The van der Waals surface area contributed by atoms with E-state index in [4.69, 9.17) is 21.1 Å². The number of ether oxygens (including phenoxy) is 2. The van der Waals surface area contributed by atoms with Crippen LogP contribution in [0, 0.1) is 0 Å². The predicted octanol–water partition coefficient (Wildman–Crippen LogP) is 3.64. The van der Waals surface area contributed by atoms with Crippen molar-refractivity contribution in [2.45, 2.75) is 24.5 Å². The first kappa shape index (κ1) is 25.4. The Kier molecular flexibility index (Phi) is 8.78. The number of benzene rings is 2. The summed E-state index contributed by atoms with van der Waals surface area (Å²) in [5, 5.41) is 15.1. The Morgan fingerprint density at radius 2 is 1.82 bits per heavy atom. The number of hydrogen-bond acceptors (Lipinski definition) is 7. The lowest BCUT2D eigenvalue weighted by atomic mass is 10.1. The average molecular weight is 504 g/mol. The molecule has 3 aromatic rings. The molecule has 0 saturated heterocycles. The van der Waals surface area contributed by atoms with E-state index in [1.807, 2.05) is 31.2 Å². The van der Waals surface area contributed by atoms with Gasteiger partial charge in [-0.1, -0.05) is 35.5 Å². The molecule has 0 radical (unpaired) electrons. The van der Waals surface area contributed by atoms with Gasteiger partial charge in [0.05, 0.1) is 38.1 Å². The number of aromatic nitrogens is 3. The van der Waals surface area contributed by atoms with Crippen LogP contribution in [0.4, 0.5) is 5.69 Å². The molecule has 0 fully saturated rings. The van der Waals surface area contributed by atoms with Crippen LogP contribution in [-0.2, 0) is 23.1 Å². The molecule has 0 spiro atoms. The van der Waals surface area contributed by atoms with Gasteiger partial charge in [0.2, 0.25) is 11.8 Å². The maximum absolute atomic E-state index is 12.5. The molecule has 1 atom stereocenters. The Balaban J connectivity index is 1.54. The largest absolute Gasteiger partial charge is 0.497 e. The number of carbonyl (C=O) groups excluding carboxylic acids is 2. The maximum atomic E-state index is 12.5. The second-order valence-electron chi connectivity index (χ2n) is 7.40. The van der Waals surface area contributed by atoms with Crippen molar-refractivity contribution in [2.24, 2.45) is 7.05 Å². The highest BCUT2D eigenvalue weighted by Gasteiger charge is 2.19. The minimum Gasteiger partial charge on any atom is -0.497 e. The number of hydrogen-bond donors (Lipinski definition) is 2. The van der Waals surface area contributed by atoms with Crippen molar-refractivity contribution in [3.63, 3.8) is 0 Å². The highest BCUT2D eigenvalue weighted by Crippen LogP contribution is 2.28. The first-order valence-electron chi connectivity index (χ1n) is 10.4. The topological polar surface area (TPSA) is 107 Å². The molecule has 0 aliphatic rings. The highest BCUT2D eigenvalue weighted by molar-refractivity contribution is 7.99. The molecule has 0 aliphatic heterocycles. The Morgan fingerprint density at radius 3 is 2.50 bits per heavy atom. The second kappa shape index (κ2) is 11.8. The monoisotopic (exact) mass is 503 g/mol. The lowest BCUT2D eigenvalue weighted by Crippen LogP contribution is -2.29. The van der Waals surface area contributed by atoms with E-state index in [-0.39, 0.29) is 30.0 Å². The molecule has 9 nitrogen and oxygen atoms in total. The molecule has 2 amide bonds. The fourth-order valence-electron chi connectivity index (χ4n) is 3.21. The van der Waals surface area contributed by atoms with Crippen LogP contribution >= 0.6 is 23.4 Å². The number of rotatable bonds is 10. The first-order valence-corrected chi connectivity index (χ1v) is 11.7. The van der Waals surface area contributed by atoms with Gasteiger partial charge in [-0.05, 0) is 42.8 Å². The molecule has 2 aromatic carbocycles. The molecule has 11 heteroatoms. The summed E-state index contributed by atoms with van der Waals surface area (Å²) in [7, 11) is 4.91. The fraction of sp³-hybridized carbons (Fsp3) is 0.304. The molecule has 0 unspecified atom stereocenters. The highest BCUT2D eigenvalue weighted by atomic mass is 35.5. The van der Waals surface area contributed by atoms with Gasteiger partial charge in [-0.15, -0.1) is 10.2 Å². The summed E-state index contributed by atoms with van der Waals surface area (Å²) in [5.41, 5.74) is 1.37. The summed E-state index contributed by atoms with van der Waals surface area (Å²) in [6.45, 7) is 1.84. The van der Waals surface area contributed by atoms with Crippen molar-refractivity contribution in [1.82, 2.24) is 20.1 Å². The third-order valence-corrected chi connectivity index (χ3v) is 6.18. The quantitative estimate of drug-likeness (QED) is 0.407. The smallest absolute Gasteiger partial charge is 0.234 e. The number of nitrogens with zero attached hydrogens (tertiary/aromatic N) is 3. The number of amides is 2. The van der Waals surface area contributed by atoms with E-state index in [1.54, 1.807) is 36.9 Å². The van der Waals surface area contributed by atoms with Crippen LogP contribution in [-0.4, -0.2) is 46.6 Å². The summed E-state index contributed by atoms with van der Waals surface area (Å²) in [6.07, 6.45) is 0.237. The molecule has 1 aromatic heterocycles. The predicted molar refractivity (Wildman–Crippen MR) is 132 cm³/mol. The number of halogens is 1. The number of thioether (sulfide) groups is 1. The summed E-state index contributed by atoms with van der Waals surface area (Å²) in [5.74, 6) is 1.58. The molecule has 0 aliphatic carbocycles. The first-order chi connectivity index (χ1) is 16.3. The normalized spacial score (nSPS) is 11.6. The van der Waals surface area contributed by atoms with E-state index in [2.05, 4.69) is 20.8 Å². The van der Waals surface area contributed by atoms with E-state index >= 15 is 0 Å². The summed E-state index contributed by atoms with van der Waals surface area (Å²) < 4.78 is 12.1. The zero-order valence-corrected chi connectivity index (χ0v) is 20.9. The summed E-state index contributed by atoms with van der Waals surface area (Å²) in [6, 6.07) is 12.0. The molecule has 3 rings (SSSR count). The summed E-state index contributed by atoms with van der Waals surface area (Å²) in [4.78, 5) is 24.9. The van der Waals surface area contributed by atoms with Gasteiger partial charge in [-0.3, -0.25) is 9.59 Å². The molecule has 0 bridgehead atoms. The van der Waals surface area contributed by atoms with Gasteiger partial charge < -0.3 is 24.7 Å². The molecule has 0 saturated carbocycles. The number of carbonyl (C=O) groups is 2. The number of methoxy groups -OCH3 is 2. The minimum absolute atomic E-state index is 0.111. The number of anilines is 1. The van der Waals surface area contributed by atoms with Crippen LogP contribution < -0.4 is 20.1 Å². The van der Waals surface area contributed by atoms with Crippen molar-refractivity contribution in [3.8, 4) is 11.5 Å². The SMILES string of the molecule is COc1ccc(CC(=O)N[C@@H](C)c2nnc(SCC(=O)Nc3cc(Cl)ccc3OC)n2C)cc1. The minimum atomic E-state index is -0.359. The zero-order valence-electron chi connectivity index (χ0n) is 19.3. The molecule has 1 heterocycles. The van der Waals surface area contributed by atoms with Crippen LogP contribution in [0.5, 0.6) is 11.5 Å². The van der Waals surface area contributed by atoms with Crippen LogP contribution in [0.2, 0.25) is 5.02 Å². The van der Waals surface area contributed by atoms with Gasteiger partial charge in [0.1, 0.15) is 11.5 Å². The van der Waals surface area contributed by atoms with E-state index in [9.17, 15) is 9.59 Å². The molecule has 34 heavy (non-hydrogen) atoms. The molecular weight excluding hydrogens is 478 g/mol. The average Bonchev–Trinajstić information content (AvgIpc) is 3.18. The van der Waals surface area contributed by atoms with Gasteiger partial charge in [-0.25, -0.2) is 0 Å². The van der Waals surface area contributed by atoms with Crippen molar-refractivity contribution in [1.29, 1.82) is 0 Å². The van der Waals surface area contributed by atoms with E-state index in [0.29, 0.717) is 27.4 Å². The van der Waals surface area contributed by atoms with Gasteiger partial charge >= 0.3 is 0 Å². The van der Waals surface area contributed by atoms with E-state index < -0.39 is 0 Å². The van der Waals surface area contributed by atoms with Gasteiger partial charge in [0.25, 0.3) is 0 Å². The third kappa shape index (κ3) is 6.64. The standard InChI is InChI=1S/C23H26ClN5O4S/c1-14(25-20(30)11-15-5-8-17(32-3)9-6-15)22-27-28-23(29(22)2)34-13-21(31)26-18-12-16(24)7-10-19(18)33-4/h5-10,12,14H,11,13H2,1-4H3,(H,25,30)(H,26,31)/t14-/m0/s1. The van der Waals surface area contributed by atoms with Crippen molar-refractivity contribution in [3.05, 3.63) is 58.9 Å². The van der Waals surface area contributed by atoms with Gasteiger partial charge in [0.15, 0.2) is 11.0 Å². The maximum Gasteiger partial charge on any atom is 0.234 e. The lowest BCUT2D eigenvalue weighted by Gasteiger charge is -2.14. The Labute approximate surface area is 207 Å². The van der Waals surface area contributed by atoms with Crippen LogP contribution in [0.1, 0.15) is 24.4 Å².